The van der Waals surface area contributed by atoms with Crippen molar-refractivity contribution in [1.29, 1.82) is 0 Å². The number of rotatable bonds is 0. The average Bonchev–Trinajstić information content (AvgIpc) is 2.63. The van der Waals surface area contributed by atoms with Gasteiger partial charge < -0.3 is 0 Å². The predicted molar refractivity (Wildman–Crippen MR) is 86.6 cm³/mol. The van der Waals surface area contributed by atoms with Crippen molar-refractivity contribution >= 4 is 43.5 Å². The Hall–Kier alpha value is -0.310. The van der Waals surface area contributed by atoms with Crippen molar-refractivity contribution in [1.82, 2.24) is 0 Å². The van der Waals surface area contributed by atoms with Crippen LogP contribution in [0.1, 0.15) is 33.0 Å². The number of fused-ring (bicyclic) bond motifs is 7. The average molecular weight is 399 g/mol. The SMILES string of the molecule is Cl[C@]12c3ccccc3[C@H](c3ccccc3[C@@H]1Br)[C@@H]2Br. The maximum Gasteiger partial charge on any atom is 0.0996 e. The van der Waals surface area contributed by atoms with Crippen LogP contribution in [0.5, 0.6) is 0 Å². The molecular weight excluding hydrogens is 387 g/mol. The lowest BCUT2D eigenvalue weighted by Crippen LogP contribution is -2.36. The minimum Gasteiger partial charge on any atom is -0.111 e. The van der Waals surface area contributed by atoms with E-state index in [9.17, 15) is 0 Å². The van der Waals surface area contributed by atoms with Crippen molar-refractivity contribution in [3.63, 3.8) is 0 Å². The Morgan fingerprint density at radius 3 is 2.16 bits per heavy atom. The molecule has 2 aromatic rings. The van der Waals surface area contributed by atoms with Crippen LogP contribution in [0.4, 0.5) is 0 Å². The molecule has 0 heterocycles. The molecule has 2 aliphatic carbocycles. The molecule has 2 aliphatic rings. The lowest BCUT2D eigenvalue weighted by molar-refractivity contribution is 0.553. The highest BCUT2D eigenvalue weighted by Crippen LogP contribution is 2.66. The Morgan fingerprint density at radius 1 is 0.842 bits per heavy atom. The van der Waals surface area contributed by atoms with Crippen LogP contribution in [-0.4, -0.2) is 4.83 Å². The fourth-order valence-corrected chi connectivity index (χ4v) is 6.32. The summed E-state index contributed by atoms with van der Waals surface area (Å²) in [5, 5.41) is 0. The Bertz CT molecular complexity index is 658. The fraction of sp³-hybridized carbons (Fsp3) is 0.250. The molecule has 0 nitrogen and oxygen atoms in total. The van der Waals surface area contributed by atoms with E-state index < -0.39 is 4.87 Å². The Labute approximate surface area is 134 Å². The van der Waals surface area contributed by atoms with Crippen LogP contribution in [-0.2, 0) is 4.87 Å². The van der Waals surface area contributed by atoms with E-state index >= 15 is 0 Å². The van der Waals surface area contributed by atoms with Gasteiger partial charge in [0.05, 0.1) is 14.5 Å². The van der Waals surface area contributed by atoms with Crippen molar-refractivity contribution in [2.75, 3.05) is 0 Å². The molecule has 0 aliphatic heterocycles. The van der Waals surface area contributed by atoms with Crippen molar-refractivity contribution in [3.8, 4) is 0 Å². The van der Waals surface area contributed by atoms with E-state index in [-0.39, 0.29) is 9.65 Å². The van der Waals surface area contributed by atoms with Crippen molar-refractivity contribution in [2.24, 2.45) is 0 Å². The van der Waals surface area contributed by atoms with Gasteiger partial charge in [-0.25, -0.2) is 0 Å². The molecule has 2 bridgehead atoms. The van der Waals surface area contributed by atoms with E-state index in [1.807, 2.05) is 0 Å². The van der Waals surface area contributed by atoms with E-state index in [0.717, 1.165) is 0 Å². The molecule has 0 fully saturated rings. The molecule has 0 N–H and O–H groups in total. The standard InChI is InChI=1S/C16H11Br2Cl/c17-14-10-6-2-1-5-9(10)13-11-7-3-4-8-12(11)16(14,19)15(13)18/h1-8,13-15H/t13-,14-,15-,16+/m0/s1. The van der Waals surface area contributed by atoms with E-state index in [0.29, 0.717) is 5.92 Å². The van der Waals surface area contributed by atoms with Crippen molar-refractivity contribution < 1.29 is 0 Å². The summed E-state index contributed by atoms with van der Waals surface area (Å²) < 4.78 is 0. The summed E-state index contributed by atoms with van der Waals surface area (Å²) in [5.74, 6) is 0.346. The second-order valence-electron chi connectivity index (χ2n) is 5.23. The molecule has 4 atom stereocenters. The van der Waals surface area contributed by atoms with Gasteiger partial charge in [-0.3, -0.25) is 0 Å². The Kier molecular flexibility index (Phi) is 2.68. The van der Waals surface area contributed by atoms with Gasteiger partial charge in [0, 0.05) is 5.92 Å². The fourth-order valence-electron chi connectivity index (χ4n) is 3.52. The first kappa shape index (κ1) is 12.4. The lowest BCUT2D eigenvalue weighted by Gasteiger charge is -2.39. The molecule has 19 heavy (non-hydrogen) atoms. The molecule has 0 saturated carbocycles. The molecule has 0 amide bonds. The second kappa shape index (κ2) is 4.09. The van der Waals surface area contributed by atoms with Gasteiger partial charge in [0.1, 0.15) is 0 Å². The quantitative estimate of drug-likeness (QED) is 0.516. The van der Waals surface area contributed by atoms with Gasteiger partial charge in [-0.1, -0.05) is 80.4 Å². The molecule has 0 saturated heterocycles. The molecule has 3 heteroatoms. The number of benzene rings is 2. The first-order valence-electron chi connectivity index (χ1n) is 6.31. The first-order valence-corrected chi connectivity index (χ1v) is 8.52. The zero-order valence-corrected chi connectivity index (χ0v) is 13.9. The first-order chi connectivity index (χ1) is 9.15. The lowest BCUT2D eigenvalue weighted by atomic mass is 9.80. The third-order valence-electron chi connectivity index (χ3n) is 4.38. The highest BCUT2D eigenvalue weighted by Gasteiger charge is 2.58. The molecule has 2 aromatic carbocycles. The molecule has 0 spiro atoms. The van der Waals surface area contributed by atoms with Crippen LogP contribution in [0.3, 0.4) is 0 Å². The number of hydrogen-bond donors (Lipinski definition) is 0. The summed E-state index contributed by atoms with van der Waals surface area (Å²) in [6.45, 7) is 0. The Morgan fingerprint density at radius 2 is 1.42 bits per heavy atom. The maximum atomic E-state index is 7.07. The van der Waals surface area contributed by atoms with Crippen LogP contribution >= 0.6 is 43.5 Å². The maximum absolute atomic E-state index is 7.07. The van der Waals surface area contributed by atoms with Crippen molar-refractivity contribution in [3.05, 3.63) is 70.8 Å². The van der Waals surface area contributed by atoms with Crippen molar-refractivity contribution in [2.45, 2.75) is 20.4 Å². The molecule has 96 valence electrons. The summed E-state index contributed by atoms with van der Waals surface area (Å²) in [7, 11) is 0. The molecule has 0 unspecified atom stereocenters. The highest BCUT2D eigenvalue weighted by molar-refractivity contribution is 9.10. The van der Waals surface area contributed by atoms with Gasteiger partial charge in [0.15, 0.2) is 0 Å². The molecule has 4 rings (SSSR count). The molecule has 0 radical (unpaired) electrons. The smallest absolute Gasteiger partial charge is 0.0996 e. The van der Waals surface area contributed by atoms with E-state index in [1.165, 1.54) is 22.3 Å². The Balaban J connectivity index is 2.10. The zero-order chi connectivity index (χ0) is 13.2. The van der Waals surface area contributed by atoms with Crippen LogP contribution in [0.2, 0.25) is 0 Å². The summed E-state index contributed by atoms with van der Waals surface area (Å²) in [6.07, 6.45) is 0. The van der Waals surface area contributed by atoms with Crippen LogP contribution < -0.4 is 0 Å². The third-order valence-corrected chi connectivity index (χ3v) is 8.03. The summed E-state index contributed by atoms with van der Waals surface area (Å²) in [5.41, 5.74) is 5.30. The predicted octanol–water partition coefficient (Wildman–Crippen LogP) is 5.48. The summed E-state index contributed by atoms with van der Waals surface area (Å²) >= 11 is 14.8. The van der Waals surface area contributed by atoms with Gasteiger partial charge >= 0.3 is 0 Å². The second-order valence-corrected chi connectivity index (χ2v) is 7.75. The zero-order valence-electron chi connectivity index (χ0n) is 9.98. The summed E-state index contributed by atoms with van der Waals surface area (Å²) in [6, 6.07) is 17.2. The molecular formula is C16H11Br2Cl. The monoisotopic (exact) mass is 396 g/mol. The number of hydrogen-bond acceptors (Lipinski definition) is 0. The van der Waals surface area contributed by atoms with Gasteiger partial charge in [-0.15, -0.1) is 11.6 Å². The molecule has 0 aromatic heterocycles. The normalized spacial score (nSPS) is 34.8. The largest absolute Gasteiger partial charge is 0.111 e. The highest BCUT2D eigenvalue weighted by atomic mass is 79.9. The van der Waals surface area contributed by atoms with Crippen LogP contribution in [0.25, 0.3) is 0 Å². The summed E-state index contributed by atoms with van der Waals surface area (Å²) in [4.78, 5) is -0.0595. The minimum atomic E-state index is -0.407. The number of halogens is 3. The van der Waals surface area contributed by atoms with Gasteiger partial charge in [0.2, 0.25) is 0 Å². The van der Waals surface area contributed by atoms with Crippen LogP contribution in [0, 0.1) is 0 Å². The van der Waals surface area contributed by atoms with E-state index in [2.05, 4.69) is 80.4 Å². The van der Waals surface area contributed by atoms with E-state index in [4.69, 9.17) is 11.6 Å². The van der Waals surface area contributed by atoms with Gasteiger partial charge in [-0.2, -0.15) is 0 Å². The topological polar surface area (TPSA) is 0 Å². The number of alkyl halides is 3. The minimum absolute atomic E-state index is 0.127. The van der Waals surface area contributed by atoms with Crippen LogP contribution in [0.15, 0.2) is 48.5 Å². The van der Waals surface area contributed by atoms with Gasteiger partial charge in [-0.05, 0) is 22.3 Å². The van der Waals surface area contributed by atoms with E-state index in [1.54, 1.807) is 0 Å². The third kappa shape index (κ3) is 1.40. The van der Waals surface area contributed by atoms with Gasteiger partial charge in [0.25, 0.3) is 0 Å².